The molecule has 0 saturated carbocycles. The Morgan fingerprint density at radius 1 is 0.818 bits per heavy atom. The fourth-order valence-electron chi connectivity index (χ4n) is 4.33. The second-order valence-electron chi connectivity index (χ2n) is 8.46. The number of nitrogens with one attached hydrogen (secondary N) is 1. The van der Waals surface area contributed by atoms with Crippen LogP contribution in [0.25, 0.3) is 0 Å². The first kappa shape index (κ1) is 23.7. The third-order valence-electron chi connectivity index (χ3n) is 6.18. The molecule has 0 unspecified atom stereocenters. The van der Waals surface area contributed by atoms with Crippen molar-refractivity contribution in [1.82, 2.24) is 9.21 Å². The number of hydrogen-bond acceptors (Lipinski definition) is 4. The summed E-state index contributed by atoms with van der Waals surface area (Å²) in [4.78, 5) is 27.8. The van der Waals surface area contributed by atoms with E-state index in [1.165, 1.54) is 22.5 Å². The number of carbonyl (C=O) groups is 2. The summed E-state index contributed by atoms with van der Waals surface area (Å²) in [6.45, 7) is 2.34. The van der Waals surface area contributed by atoms with Crippen LogP contribution in [0.1, 0.15) is 59.2 Å². The maximum atomic E-state index is 13.2. The Balaban J connectivity index is 1.59. The van der Waals surface area contributed by atoms with Crippen molar-refractivity contribution in [2.45, 2.75) is 43.4 Å². The second kappa shape index (κ2) is 10.2. The van der Waals surface area contributed by atoms with Crippen LogP contribution in [0, 0.1) is 0 Å². The molecule has 0 aromatic heterocycles. The summed E-state index contributed by atoms with van der Waals surface area (Å²) in [7, 11) is -3.73. The van der Waals surface area contributed by atoms with Gasteiger partial charge >= 0.3 is 0 Å². The maximum Gasteiger partial charge on any atom is 0.257 e. The summed E-state index contributed by atoms with van der Waals surface area (Å²) < 4.78 is 27.8. The number of nitrogens with zero attached hydrogens (tertiary/aromatic N) is 2. The van der Waals surface area contributed by atoms with Gasteiger partial charge in [0.25, 0.3) is 11.8 Å². The molecule has 0 atom stereocenters. The second-order valence-corrected chi connectivity index (χ2v) is 10.8. The van der Waals surface area contributed by atoms with E-state index in [0.29, 0.717) is 37.4 Å². The number of anilines is 1. The van der Waals surface area contributed by atoms with Gasteiger partial charge in [-0.3, -0.25) is 9.59 Å². The van der Waals surface area contributed by atoms with Gasteiger partial charge in [-0.1, -0.05) is 36.6 Å². The molecule has 9 heteroatoms. The van der Waals surface area contributed by atoms with Crippen LogP contribution in [0.15, 0.2) is 47.4 Å². The number of rotatable bonds is 5. The van der Waals surface area contributed by atoms with E-state index in [2.05, 4.69) is 5.32 Å². The van der Waals surface area contributed by atoms with Crippen molar-refractivity contribution in [3.05, 3.63) is 58.6 Å². The van der Waals surface area contributed by atoms with Crippen LogP contribution in [0.4, 0.5) is 5.69 Å². The molecule has 2 heterocycles. The minimum absolute atomic E-state index is 0.0420. The Kier molecular flexibility index (Phi) is 7.36. The van der Waals surface area contributed by atoms with Crippen LogP contribution in [0.3, 0.4) is 0 Å². The SMILES string of the molecule is O=C(Nc1ccccc1C(=O)N1CCCC1)c1cc(S(=O)(=O)N2CCCCCC2)ccc1Cl. The molecule has 1 N–H and O–H groups in total. The van der Waals surface area contributed by atoms with Crippen molar-refractivity contribution < 1.29 is 18.0 Å². The molecule has 2 amide bonds. The van der Waals surface area contributed by atoms with Crippen LogP contribution < -0.4 is 5.32 Å². The van der Waals surface area contributed by atoms with Gasteiger partial charge in [-0.05, 0) is 56.0 Å². The predicted octanol–water partition coefficient (Wildman–Crippen LogP) is 4.39. The van der Waals surface area contributed by atoms with Gasteiger partial charge in [-0.2, -0.15) is 4.31 Å². The number of halogens is 1. The number of likely N-dealkylation sites (tertiary alicyclic amines) is 1. The van der Waals surface area contributed by atoms with E-state index < -0.39 is 15.9 Å². The van der Waals surface area contributed by atoms with E-state index in [-0.39, 0.29) is 21.4 Å². The Labute approximate surface area is 199 Å². The van der Waals surface area contributed by atoms with Gasteiger partial charge < -0.3 is 10.2 Å². The van der Waals surface area contributed by atoms with Gasteiger partial charge in [-0.15, -0.1) is 0 Å². The number of benzene rings is 2. The zero-order chi connectivity index (χ0) is 23.4. The number of hydrogen-bond donors (Lipinski definition) is 1. The highest BCUT2D eigenvalue weighted by atomic mass is 35.5. The van der Waals surface area contributed by atoms with E-state index >= 15 is 0 Å². The maximum absolute atomic E-state index is 13.2. The summed E-state index contributed by atoms with van der Waals surface area (Å²) in [5, 5.41) is 2.91. The number of amides is 2. The molecule has 2 fully saturated rings. The molecule has 0 bridgehead atoms. The molecule has 0 spiro atoms. The lowest BCUT2D eigenvalue weighted by Gasteiger charge is -2.20. The van der Waals surface area contributed by atoms with Crippen LogP contribution in [-0.4, -0.2) is 55.6 Å². The lowest BCUT2D eigenvalue weighted by Crippen LogP contribution is -2.32. The van der Waals surface area contributed by atoms with Crippen molar-refractivity contribution in [3.63, 3.8) is 0 Å². The molecule has 33 heavy (non-hydrogen) atoms. The summed E-state index contributed by atoms with van der Waals surface area (Å²) in [6, 6.07) is 11.0. The molecule has 0 aliphatic carbocycles. The monoisotopic (exact) mass is 489 g/mol. The molecule has 2 aliphatic heterocycles. The lowest BCUT2D eigenvalue weighted by atomic mass is 10.1. The normalized spacial score (nSPS) is 17.5. The number of carbonyl (C=O) groups excluding carboxylic acids is 2. The average Bonchev–Trinajstić information content (AvgIpc) is 3.20. The van der Waals surface area contributed by atoms with E-state index in [4.69, 9.17) is 11.6 Å². The fourth-order valence-corrected chi connectivity index (χ4v) is 6.08. The van der Waals surface area contributed by atoms with Crippen molar-refractivity contribution in [2.75, 3.05) is 31.5 Å². The van der Waals surface area contributed by atoms with Crippen LogP contribution in [0.5, 0.6) is 0 Å². The first-order valence-electron chi connectivity index (χ1n) is 11.4. The third-order valence-corrected chi connectivity index (χ3v) is 8.41. The predicted molar refractivity (Wildman–Crippen MR) is 128 cm³/mol. The molecule has 4 rings (SSSR count). The zero-order valence-electron chi connectivity index (χ0n) is 18.4. The lowest BCUT2D eigenvalue weighted by molar-refractivity contribution is 0.0794. The van der Waals surface area contributed by atoms with Crippen LogP contribution >= 0.6 is 11.6 Å². The Bertz CT molecular complexity index is 1140. The quantitative estimate of drug-likeness (QED) is 0.674. The zero-order valence-corrected chi connectivity index (χ0v) is 20.0. The Morgan fingerprint density at radius 2 is 1.45 bits per heavy atom. The molecule has 2 saturated heterocycles. The molecule has 7 nitrogen and oxygen atoms in total. The summed E-state index contributed by atoms with van der Waals surface area (Å²) in [5.41, 5.74) is 0.824. The van der Waals surface area contributed by atoms with E-state index in [9.17, 15) is 18.0 Å². The first-order chi connectivity index (χ1) is 15.9. The standard InChI is InChI=1S/C24H28ClN3O4S/c25-21-12-11-18(33(31,32)28-15-5-1-2-6-16-28)17-20(21)23(29)26-22-10-4-3-9-19(22)24(30)27-13-7-8-14-27/h3-4,9-12,17H,1-2,5-8,13-16H2,(H,26,29). The highest BCUT2D eigenvalue weighted by Gasteiger charge is 2.27. The van der Waals surface area contributed by atoms with Crippen molar-refractivity contribution in [3.8, 4) is 0 Å². The summed E-state index contributed by atoms with van der Waals surface area (Å²) in [6.07, 6.45) is 5.60. The van der Waals surface area contributed by atoms with Gasteiger partial charge in [0.05, 0.1) is 26.7 Å². The summed E-state index contributed by atoms with van der Waals surface area (Å²) in [5.74, 6) is -0.693. The molecule has 2 aromatic rings. The van der Waals surface area contributed by atoms with Gasteiger partial charge in [0.2, 0.25) is 10.0 Å². The average molecular weight is 490 g/mol. The molecule has 176 valence electrons. The Hall–Kier alpha value is -2.42. The van der Waals surface area contributed by atoms with E-state index in [0.717, 1.165) is 38.5 Å². The molecule has 0 radical (unpaired) electrons. The van der Waals surface area contributed by atoms with Gasteiger partial charge in [0.1, 0.15) is 0 Å². The van der Waals surface area contributed by atoms with Crippen molar-refractivity contribution in [2.24, 2.45) is 0 Å². The molecular weight excluding hydrogens is 462 g/mol. The highest BCUT2D eigenvalue weighted by Crippen LogP contribution is 2.27. The summed E-state index contributed by atoms with van der Waals surface area (Å²) >= 11 is 6.28. The first-order valence-corrected chi connectivity index (χ1v) is 13.2. The smallest absolute Gasteiger partial charge is 0.257 e. The van der Waals surface area contributed by atoms with E-state index in [1.807, 2.05) is 0 Å². The highest BCUT2D eigenvalue weighted by molar-refractivity contribution is 7.89. The van der Waals surface area contributed by atoms with E-state index in [1.54, 1.807) is 29.2 Å². The van der Waals surface area contributed by atoms with Crippen molar-refractivity contribution in [1.29, 1.82) is 0 Å². The molecule has 2 aliphatic rings. The van der Waals surface area contributed by atoms with Gasteiger partial charge in [0.15, 0.2) is 0 Å². The minimum atomic E-state index is -3.73. The fraction of sp³-hybridized carbons (Fsp3) is 0.417. The number of sulfonamides is 1. The van der Waals surface area contributed by atoms with Crippen LogP contribution in [-0.2, 0) is 10.0 Å². The Morgan fingerprint density at radius 3 is 2.15 bits per heavy atom. The molecular formula is C24H28ClN3O4S. The number of para-hydroxylation sites is 1. The minimum Gasteiger partial charge on any atom is -0.339 e. The third kappa shape index (κ3) is 5.23. The topological polar surface area (TPSA) is 86.8 Å². The van der Waals surface area contributed by atoms with Gasteiger partial charge in [-0.25, -0.2) is 8.42 Å². The largest absolute Gasteiger partial charge is 0.339 e. The van der Waals surface area contributed by atoms with Crippen molar-refractivity contribution >= 4 is 39.1 Å². The van der Waals surface area contributed by atoms with Crippen LogP contribution in [0.2, 0.25) is 5.02 Å². The van der Waals surface area contributed by atoms with Gasteiger partial charge in [0, 0.05) is 26.2 Å². The molecule has 2 aromatic carbocycles.